The number of rotatable bonds is 9. The van der Waals surface area contributed by atoms with Gasteiger partial charge in [0.2, 0.25) is 8.32 Å². The lowest BCUT2D eigenvalue weighted by molar-refractivity contribution is 0.0989. The summed E-state index contributed by atoms with van der Waals surface area (Å²) >= 11 is 0. The maximum absolute atomic E-state index is 12.7. The summed E-state index contributed by atoms with van der Waals surface area (Å²) in [6.45, 7) is 18.4. The van der Waals surface area contributed by atoms with Crippen LogP contribution >= 0.6 is 0 Å². The van der Waals surface area contributed by atoms with Crippen LogP contribution in [0, 0.1) is 0 Å². The third kappa shape index (κ3) is 6.24. The summed E-state index contributed by atoms with van der Waals surface area (Å²) in [7, 11) is -4.53. The van der Waals surface area contributed by atoms with Crippen molar-refractivity contribution in [1.29, 1.82) is 0 Å². The predicted molar refractivity (Wildman–Crippen MR) is 164 cm³/mol. The number of hydrogen-bond donors (Lipinski definition) is 0. The summed E-state index contributed by atoms with van der Waals surface area (Å²) in [4.78, 5) is 12.3. The summed E-state index contributed by atoms with van der Waals surface area (Å²) in [6, 6.07) is 12.3. The van der Waals surface area contributed by atoms with Crippen LogP contribution in [0.3, 0.4) is 0 Å². The molecule has 1 saturated heterocycles. The van der Waals surface area contributed by atoms with E-state index in [-0.39, 0.29) is 6.04 Å². The Morgan fingerprint density at radius 1 is 1.08 bits per heavy atom. The largest absolute Gasteiger partial charge is 0.409 e. The van der Waals surface area contributed by atoms with Gasteiger partial charge in [-0.15, -0.1) is 0 Å². The van der Waals surface area contributed by atoms with E-state index in [9.17, 15) is 4.21 Å². The molecule has 0 saturated carbocycles. The number of ether oxygens (including phenoxy) is 1. The molecular formula is C29H45N5O3SSi. The number of fused-ring (bicyclic) bond motifs is 1. The Morgan fingerprint density at radius 2 is 1.74 bits per heavy atom. The van der Waals surface area contributed by atoms with Crippen LogP contribution in [0.1, 0.15) is 54.3 Å². The van der Waals surface area contributed by atoms with Gasteiger partial charge in [0.05, 0.1) is 30.9 Å². The minimum atomic E-state index is -2.41. The topological polar surface area (TPSA) is 81.8 Å². The summed E-state index contributed by atoms with van der Waals surface area (Å²) in [6.07, 6.45) is 3.27. The van der Waals surface area contributed by atoms with Gasteiger partial charge in [-0.2, -0.15) is 4.36 Å². The van der Waals surface area contributed by atoms with Gasteiger partial charge in [-0.1, -0.05) is 53.7 Å². The number of anilines is 1. The van der Waals surface area contributed by atoms with Crippen molar-refractivity contribution in [2.75, 3.05) is 37.2 Å². The maximum atomic E-state index is 12.7. The van der Waals surface area contributed by atoms with Crippen molar-refractivity contribution < 1.29 is 13.4 Å². The number of benzene rings is 1. The first-order valence-electron chi connectivity index (χ1n) is 14.0. The molecule has 1 aromatic carbocycles. The molecular weight excluding hydrogens is 527 g/mol. The molecule has 4 rings (SSSR count). The molecule has 10 heteroatoms. The monoisotopic (exact) mass is 571 g/mol. The van der Waals surface area contributed by atoms with E-state index < -0.39 is 18.0 Å². The Bertz CT molecular complexity index is 1400. The molecule has 3 aromatic rings. The molecule has 0 aliphatic carbocycles. The first kappa shape index (κ1) is 29.7. The second-order valence-electron chi connectivity index (χ2n) is 11.9. The minimum Gasteiger partial charge on any atom is -0.409 e. The average Bonchev–Trinajstić information content (AvgIpc) is 3.21. The van der Waals surface area contributed by atoms with E-state index in [2.05, 4.69) is 74.4 Å². The lowest BCUT2D eigenvalue weighted by Gasteiger charge is -2.42. The second-order valence-corrected chi connectivity index (χ2v) is 19.9. The van der Waals surface area contributed by atoms with Crippen molar-refractivity contribution in [2.24, 2.45) is 4.36 Å². The van der Waals surface area contributed by atoms with E-state index in [1.165, 1.54) is 0 Å². The SMILES string of the molecule is CC(C)[Si](OCc1nc2ccccc2n1-c1cc(N2CCOC[C@H]2C)cc(N=S(C)(C)=O)n1)(C(C)C)C(C)C. The summed E-state index contributed by atoms with van der Waals surface area (Å²) in [5, 5.41) is 0. The third-order valence-electron chi connectivity index (χ3n) is 7.81. The molecule has 0 bridgehead atoms. The van der Waals surface area contributed by atoms with E-state index in [0.29, 0.717) is 48.1 Å². The number of hydrogen-bond acceptors (Lipinski definition) is 7. The highest BCUT2D eigenvalue weighted by molar-refractivity contribution is 7.92. The number of pyridine rings is 1. The van der Waals surface area contributed by atoms with Gasteiger partial charge >= 0.3 is 0 Å². The zero-order valence-corrected chi connectivity index (χ0v) is 26.8. The van der Waals surface area contributed by atoms with E-state index >= 15 is 0 Å². The lowest BCUT2D eigenvalue weighted by Crippen LogP contribution is -2.47. The summed E-state index contributed by atoms with van der Waals surface area (Å²) < 4.78 is 32.0. The maximum Gasteiger partial charge on any atom is 0.201 e. The summed E-state index contributed by atoms with van der Waals surface area (Å²) in [5.41, 5.74) is 4.23. The second kappa shape index (κ2) is 11.7. The van der Waals surface area contributed by atoms with Gasteiger partial charge in [0.15, 0.2) is 5.82 Å². The van der Waals surface area contributed by atoms with Gasteiger partial charge in [0.25, 0.3) is 0 Å². The lowest BCUT2D eigenvalue weighted by atomic mass is 10.2. The standard InChI is InChI=1S/C29H45N5O3SSi/c1-20(2)39(21(3)4,22(5)6)37-19-29-30-25-12-10-11-13-26(25)34(29)28-17-24(33-14-15-36-18-23(33)7)16-27(31-28)32-38(8,9)35/h10-13,16-17,20-23H,14-15,18-19H2,1-9H3/t23-/m1/s1. The van der Waals surface area contributed by atoms with Crippen LogP contribution < -0.4 is 4.90 Å². The number of imidazole rings is 1. The first-order valence-corrected chi connectivity index (χ1v) is 18.4. The Balaban J connectivity index is 1.89. The highest BCUT2D eigenvalue weighted by atomic mass is 32.2. The first-order chi connectivity index (χ1) is 18.3. The van der Waals surface area contributed by atoms with Crippen molar-refractivity contribution in [3.05, 3.63) is 42.2 Å². The molecule has 0 radical (unpaired) electrons. The summed E-state index contributed by atoms with van der Waals surface area (Å²) in [5.74, 6) is 1.97. The Hall–Kier alpha value is -2.27. The Kier molecular flexibility index (Phi) is 8.90. The minimum absolute atomic E-state index is 0.200. The molecule has 1 atom stereocenters. The third-order valence-corrected chi connectivity index (χ3v) is 14.5. The normalized spacial score (nSPS) is 17.1. The van der Waals surface area contributed by atoms with Gasteiger partial charge in [-0.05, 0) is 35.7 Å². The van der Waals surface area contributed by atoms with Crippen molar-refractivity contribution in [3.63, 3.8) is 0 Å². The fourth-order valence-electron chi connectivity index (χ4n) is 6.27. The van der Waals surface area contributed by atoms with Crippen molar-refractivity contribution >= 4 is 40.6 Å². The van der Waals surface area contributed by atoms with Gasteiger partial charge in [-0.25, -0.2) is 14.2 Å². The number of nitrogens with zero attached hydrogens (tertiary/aromatic N) is 5. The van der Waals surface area contributed by atoms with Crippen LogP contribution in [0.5, 0.6) is 0 Å². The van der Waals surface area contributed by atoms with E-state index in [4.69, 9.17) is 19.1 Å². The highest BCUT2D eigenvalue weighted by Crippen LogP contribution is 2.43. The molecule has 0 N–H and O–H groups in total. The molecule has 0 spiro atoms. The molecule has 214 valence electrons. The molecule has 39 heavy (non-hydrogen) atoms. The van der Waals surface area contributed by atoms with E-state index in [1.54, 1.807) is 12.5 Å². The van der Waals surface area contributed by atoms with Crippen LogP contribution in [-0.4, -0.2) is 65.4 Å². The average molecular weight is 572 g/mol. The quantitative estimate of drug-likeness (QED) is 0.266. The smallest absolute Gasteiger partial charge is 0.201 e. The Morgan fingerprint density at radius 3 is 2.36 bits per heavy atom. The van der Waals surface area contributed by atoms with Crippen LogP contribution in [0.15, 0.2) is 40.8 Å². The molecule has 3 heterocycles. The van der Waals surface area contributed by atoms with Crippen LogP contribution in [-0.2, 0) is 25.5 Å². The van der Waals surface area contributed by atoms with Crippen molar-refractivity contribution in [2.45, 2.75) is 77.7 Å². The zero-order chi connectivity index (χ0) is 28.5. The van der Waals surface area contributed by atoms with Crippen LogP contribution in [0.2, 0.25) is 16.6 Å². The molecule has 1 aliphatic heterocycles. The van der Waals surface area contributed by atoms with E-state index in [0.717, 1.165) is 29.1 Å². The zero-order valence-electron chi connectivity index (χ0n) is 25.0. The highest BCUT2D eigenvalue weighted by Gasteiger charge is 2.45. The van der Waals surface area contributed by atoms with E-state index in [1.807, 2.05) is 24.3 Å². The fraction of sp³-hybridized carbons (Fsp3) is 0.586. The van der Waals surface area contributed by atoms with Crippen LogP contribution in [0.25, 0.3) is 16.9 Å². The number of para-hydroxylation sites is 2. The fourth-order valence-corrected chi connectivity index (χ4v) is 12.2. The number of aromatic nitrogens is 3. The predicted octanol–water partition coefficient (Wildman–Crippen LogP) is 6.70. The Labute approximate surface area is 235 Å². The number of morpholine rings is 1. The van der Waals surface area contributed by atoms with Crippen molar-refractivity contribution in [1.82, 2.24) is 14.5 Å². The van der Waals surface area contributed by atoms with Crippen molar-refractivity contribution in [3.8, 4) is 5.82 Å². The molecule has 0 amide bonds. The molecule has 1 fully saturated rings. The van der Waals surface area contributed by atoms with Gasteiger partial charge in [-0.3, -0.25) is 4.57 Å². The molecule has 8 nitrogen and oxygen atoms in total. The van der Waals surface area contributed by atoms with Gasteiger partial charge in [0, 0.05) is 52.6 Å². The molecule has 2 aromatic heterocycles. The molecule has 1 aliphatic rings. The van der Waals surface area contributed by atoms with Crippen LogP contribution in [0.4, 0.5) is 11.5 Å². The van der Waals surface area contributed by atoms with Gasteiger partial charge < -0.3 is 14.1 Å². The van der Waals surface area contributed by atoms with Gasteiger partial charge in [0.1, 0.15) is 11.6 Å². The molecule has 0 unspecified atom stereocenters.